The van der Waals surface area contributed by atoms with Crippen molar-refractivity contribution >= 4 is 57.7 Å². The van der Waals surface area contributed by atoms with Gasteiger partial charge in [-0.1, -0.05) is 84.4 Å². The monoisotopic (exact) mass is 740 g/mol. The Morgan fingerprint density at radius 2 is 1.53 bits per heavy atom. The number of thioether (sulfide) groups is 1. The number of hydrogen-bond donors (Lipinski definition) is 3. The summed E-state index contributed by atoms with van der Waals surface area (Å²) in [5, 5.41) is 10.5. The predicted octanol–water partition coefficient (Wildman–Crippen LogP) is 9.02. The highest BCUT2D eigenvalue weighted by atomic mass is 32.2. The topological polar surface area (TPSA) is 119 Å². The van der Waals surface area contributed by atoms with Gasteiger partial charge in [0.25, 0.3) is 11.8 Å². The molecular formula is C42H36N4O5S2. The maximum atomic E-state index is 13.9. The Bertz CT molecular complexity index is 2240. The predicted molar refractivity (Wildman–Crippen MR) is 212 cm³/mol. The van der Waals surface area contributed by atoms with E-state index < -0.39 is 17.1 Å². The minimum absolute atomic E-state index is 0.00429. The number of aromatic nitrogens is 1. The summed E-state index contributed by atoms with van der Waals surface area (Å²) >= 11 is 2.71. The number of rotatable bonds is 13. The largest absolute Gasteiger partial charge is 0.497 e. The van der Waals surface area contributed by atoms with Gasteiger partial charge in [0.1, 0.15) is 22.4 Å². The van der Waals surface area contributed by atoms with E-state index in [4.69, 9.17) is 9.47 Å². The minimum atomic E-state index is -0.628. The summed E-state index contributed by atoms with van der Waals surface area (Å²) in [5.41, 5.74) is 5.14. The molecule has 0 saturated carbocycles. The number of carbonyl (C=O) groups excluding carboxylic acids is 3. The van der Waals surface area contributed by atoms with E-state index >= 15 is 0 Å². The van der Waals surface area contributed by atoms with Crippen LogP contribution < -0.4 is 25.4 Å². The van der Waals surface area contributed by atoms with Crippen molar-refractivity contribution in [2.75, 3.05) is 24.9 Å². The lowest BCUT2D eigenvalue weighted by Gasteiger charge is -2.17. The summed E-state index contributed by atoms with van der Waals surface area (Å²) in [5.74, 6) is -0.209. The number of aryl methyl sites for hydroxylation is 1. The maximum Gasteiger partial charge on any atom is 0.272 e. The maximum absolute atomic E-state index is 13.9. The van der Waals surface area contributed by atoms with Gasteiger partial charge < -0.3 is 25.4 Å². The molecule has 6 aromatic rings. The van der Waals surface area contributed by atoms with E-state index in [0.717, 1.165) is 27.3 Å². The molecule has 0 bridgehead atoms. The first-order chi connectivity index (χ1) is 25.8. The fourth-order valence-corrected chi connectivity index (χ4v) is 7.08. The number of amides is 3. The fraction of sp³-hybridized carbons (Fsp3) is 0.0952. The van der Waals surface area contributed by atoms with Crippen LogP contribution in [0.2, 0.25) is 0 Å². The van der Waals surface area contributed by atoms with Crippen LogP contribution in [0.25, 0.3) is 17.3 Å². The summed E-state index contributed by atoms with van der Waals surface area (Å²) in [4.78, 5) is 46.3. The van der Waals surface area contributed by atoms with Gasteiger partial charge in [0, 0.05) is 38.7 Å². The van der Waals surface area contributed by atoms with Crippen molar-refractivity contribution in [2.45, 2.75) is 17.1 Å². The summed E-state index contributed by atoms with van der Waals surface area (Å²) in [6, 6.07) is 38.6. The molecule has 1 unspecified atom stereocenters. The van der Waals surface area contributed by atoms with Crippen LogP contribution in [0.3, 0.4) is 0 Å². The third-order valence-electron chi connectivity index (χ3n) is 8.04. The minimum Gasteiger partial charge on any atom is -0.497 e. The first kappa shape index (κ1) is 36.6. The quantitative estimate of drug-likeness (QED) is 0.0799. The number of nitrogens with zero attached hydrogens (tertiary/aromatic N) is 1. The SMILES string of the molecule is COc1ccc(/C=C(/NC(=O)c2ccccc2)C(=O)Nc2cccc(SC(C(=O)Nc3nc(-c4ccc(C)cc4)cs3)c3ccccc3)c2)c(OC)c1. The van der Waals surface area contributed by atoms with Crippen LogP contribution in [-0.2, 0) is 9.59 Å². The standard InChI is InChI=1S/C42H36N4O5S2/c1-27-17-19-28(20-18-27)36-26-52-42(45-36)46-41(49)38(29-11-6-4-7-12-29)53-34-16-10-15-32(24-34)43-40(48)35(44-39(47)30-13-8-5-9-14-30)23-31-21-22-33(50-2)25-37(31)51-3/h4-26,38H,1-3H3,(H,43,48)(H,44,47)(H,45,46,49)/b35-23+. The Hall–Kier alpha value is -6.17. The molecule has 0 aliphatic rings. The van der Waals surface area contributed by atoms with Crippen LogP contribution in [0, 0.1) is 6.92 Å². The van der Waals surface area contributed by atoms with Crippen molar-refractivity contribution in [1.29, 1.82) is 0 Å². The Morgan fingerprint density at radius 1 is 0.792 bits per heavy atom. The highest BCUT2D eigenvalue weighted by Crippen LogP contribution is 2.38. The van der Waals surface area contributed by atoms with Gasteiger partial charge in [-0.15, -0.1) is 23.1 Å². The number of hydrogen-bond acceptors (Lipinski definition) is 8. The average molecular weight is 741 g/mol. The van der Waals surface area contributed by atoms with Crippen LogP contribution in [0.15, 0.2) is 143 Å². The molecule has 5 aromatic carbocycles. The zero-order valence-electron chi connectivity index (χ0n) is 29.2. The summed E-state index contributed by atoms with van der Waals surface area (Å²) in [7, 11) is 3.06. The van der Waals surface area contributed by atoms with Gasteiger partial charge in [-0.25, -0.2) is 4.98 Å². The van der Waals surface area contributed by atoms with E-state index in [2.05, 4.69) is 20.9 Å². The molecule has 1 heterocycles. The lowest BCUT2D eigenvalue weighted by molar-refractivity contribution is -0.116. The number of nitrogens with one attached hydrogen (secondary N) is 3. The highest BCUT2D eigenvalue weighted by Gasteiger charge is 2.24. The second-order valence-electron chi connectivity index (χ2n) is 11.8. The number of carbonyl (C=O) groups is 3. The second-order valence-corrected chi connectivity index (χ2v) is 13.8. The Balaban J connectivity index is 1.23. The third-order valence-corrected chi connectivity index (χ3v) is 10.0. The molecule has 3 amide bonds. The van der Waals surface area contributed by atoms with Crippen molar-refractivity contribution in [3.63, 3.8) is 0 Å². The van der Waals surface area contributed by atoms with Gasteiger partial charge in [-0.05, 0) is 61.0 Å². The average Bonchev–Trinajstić information content (AvgIpc) is 3.66. The number of thiazole rings is 1. The van der Waals surface area contributed by atoms with Gasteiger partial charge in [0.05, 0.1) is 19.9 Å². The first-order valence-corrected chi connectivity index (χ1v) is 18.3. The summed E-state index contributed by atoms with van der Waals surface area (Å²) in [6.07, 6.45) is 1.55. The molecule has 53 heavy (non-hydrogen) atoms. The summed E-state index contributed by atoms with van der Waals surface area (Å²) in [6.45, 7) is 2.03. The molecule has 0 radical (unpaired) electrons. The van der Waals surface area contributed by atoms with Crippen molar-refractivity contribution < 1.29 is 23.9 Å². The Kier molecular flexibility index (Phi) is 12.0. The molecule has 1 atom stereocenters. The van der Waals surface area contributed by atoms with Crippen LogP contribution >= 0.6 is 23.1 Å². The van der Waals surface area contributed by atoms with Gasteiger partial charge in [-0.2, -0.15) is 0 Å². The van der Waals surface area contributed by atoms with E-state index in [0.29, 0.717) is 33.4 Å². The molecule has 0 saturated heterocycles. The molecule has 3 N–H and O–H groups in total. The van der Waals surface area contributed by atoms with Crippen LogP contribution in [-0.4, -0.2) is 36.9 Å². The molecule has 6 rings (SSSR count). The van der Waals surface area contributed by atoms with E-state index in [9.17, 15) is 14.4 Å². The fourth-order valence-electron chi connectivity index (χ4n) is 5.28. The van der Waals surface area contributed by atoms with Gasteiger partial charge in [0.2, 0.25) is 5.91 Å². The second kappa shape index (κ2) is 17.4. The van der Waals surface area contributed by atoms with Crippen LogP contribution in [0.1, 0.15) is 32.3 Å². The normalized spacial score (nSPS) is 11.6. The van der Waals surface area contributed by atoms with E-state index in [1.807, 2.05) is 73.0 Å². The molecule has 0 aliphatic heterocycles. The van der Waals surface area contributed by atoms with Crippen molar-refractivity contribution in [3.05, 3.63) is 161 Å². The third kappa shape index (κ3) is 9.59. The van der Waals surface area contributed by atoms with Crippen molar-refractivity contribution in [2.24, 2.45) is 0 Å². The Labute approximate surface area is 316 Å². The molecule has 266 valence electrons. The van der Waals surface area contributed by atoms with Crippen molar-refractivity contribution in [3.8, 4) is 22.8 Å². The molecule has 11 heteroatoms. The van der Waals surface area contributed by atoms with E-state index in [1.54, 1.807) is 79.9 Å². The van der Waals surface area contributed by atoms with Crippen molar-refractivity contribution in [1.82, 2.24) is 10.3 Å². The van der Waals surface area contributed by atoms with E-state index in [1.165, 1.54) is 30.2 Å². The molecule has 0 fully saturated rings. The smallest absolute Gasteiger partial charge is 0.272 e. The molecule has 0 spiro atoms. The number of ether oxygens (including phenoxy) is 2. The van der Waals surface area contributed by atoms with Gasteiger partial charge >= 0.3 is 0 Å². The molecule has 0 aliphatic carbocycles. The summed E-state index contributed by atoms with van der Waals surface area (Å²) < 4.78 is 10.9. The lowest BCUT2D eigenvalue weighted by atomic mass is 10.1. The zero-order valence-corrected chi connectivity index (χ0v) is 30.8. The van der Waals surface area contributed by atoms with Gasteiger partial charge in [-0.3, -0.25) is 14.4 Å². The highest BCUT2D eigenvalue weighted by molar-refractivity contribution is 8.00. The van der Waals surface area contributed by atoms with E-state index in [-0.39, 0.29) is 11.6 Å². The van der Waals surface area contributed by atoms with Gasteiger partial charge in [0.15, 0.2) is 5.13 Å². The van der Waals surface area contributed by atoms with Crippen LogP contribution in [0.5, 0.6) is 11.5 Å². The number of benzene rings is 5. The zero-order chi connectivity index (χ0) is 37.2. The molecule has 9 nitrogen and oxygen atoms in total. The molecule has 1 aromatic heterocycles. The Morgan fingerprint density at radius 3 is 2.25 bits per heavy atom. The number of anilines is 2. The lowest BCUT2D eigenvalue weighted by Crippen LogP contribution is -2.30. The number of methoxy groups -OCH3 is 2. The molecular weight excluding hydrogens is 705 g/mol. The first-order valence-electron chi connectivity index (χ1n) is 16.6. The van der Waals surface area contributed by atoms with Crippen LogP contribution in [0.4, 0.5) is 10.8 Å².